The van der Waals surface area contributed by atoms with Gasteiger partial charge in [0.05, 0.1) is 11.2 Å². The molecule has 0 radical (unpaired) electrons. The molecule has 0 saturated carbocycles. The zero-order valence-corrected chi connectivity index (χ0v) is 13.7. The number of nitrogens with zero attached hydrogens (tertiary/aromatic N) is 1. The fourth-order valence-corrected chi connectivity index (χ4v) is 3.13. The molecule has 1 unspecified atom stereocenters. The third-order valence-corrected chi connectivity index (χ3v) is 4.33. The van der Waals surface area contributed by atoms with Gasteiger partial charge in [-0.1, -0.05) is 52.3 Å². The Morgan fingerprint density at radius 1 is 1.00 bits per heavy atom. The van der Waals surface area contributed by atoms with Crippen molar-refractivity contribution in [3.63, 3.8) is 0 Å². The maximum absolute atomic E-state index is 4.67. The van der Waals surface area contributed by atoms with E-state index < -0.39 is 0 Å². The Hall–Kier alpha value is -1.87. The first kappa shape index (κ1) is 14.1. The number of pyridine rings is 1. The Kier molecular flexibility index (Phi) is 3.93. The summed E-state index contributed by atoms with van der Waals surface area (Å²) in [6, 6.07) is 18.9. The van der Waals surface area contributed by atoms with Crippen molar-refractivity contribution in [2.45, 2.75) is 19.9 Å². The summed E-state index contributed by atoms with van der Waals surface area (Å²) in [6.45, 7) is 4.18. The lowest BCUT2D eigenvalue weighted by molar-refractivity contribution is 0.880. The minimum absolute atomic E-state index is 0.202. The highest BCUT2D eigenvalue weighted by Gasteiger charge is 2.10. The summed E-state index contributed by atoms with van der Waals surface area (Å²) in [5, 5.41) is 4.73. The van der Waals surface area contributed by atoms with Crippen molar-refractivity contribution in [2.24, 2.45) is 0 Å². The maximum Gasteiger partial charge on any atom is 0.0936 e. The number of anilines is 1. The van der Waals surface area contributed by atoms with Crippen molar-refractivity contribution in [2.75, 3.05) is 5.32 Å². The topological polar surface area (TPSA) is 24.9 Å². The monoisotopic (exact) mass is 340 g/mol. The van der Waals surface area contributed by atoms with Crippen LogP contribution in [0.15, 0.2) is 59.1 Å². The summed E-state index contributed by atoms with van der Waals surface area (Å²) in [5.74, 6) is 0. The number of halogens is 1. The number of rotatable bonds is 3. The second-order valence-corrected chi connectivity index (χ2v) is 6.07. The van der Waals surface area contributed by atoms with E-state index in [0.29, 0.717) is 0 Å². The summed E-state index contributed by atoms with van der Waals surface area (Å²) in [6.07, 6.45) is 0. The lowest BCUT2D eigenvalue weighted by atomic mass is 10.1. The third-order valence-electron chi connectivity index (χ3n) is 3.60. The minimum Gasteiger partial charge on any atom is -0.377 e. The molecule has 1 aromatic heterocycles. The molecule has 1 heterocycles. The molecule has 3 rings (SSSR count). The number of para-hydroxylation sites is 1. The molecule has 1 N–H and O–H groups in total. The molecule has 2 nitrogen and oxygen atoms in total. The zero-order chi connectivity index (χ0) is 14.8. The first-order valence-electron chi connectivity index (χ1n) is 7.02. The van der Waals surface area contributed by atoms with Gasteiger partial charge in [0, 0.05) is 21.6 Å². The molecule has 0 aliphatic heterocycles. The number of fused-ring (bicyclic) bond motifs is 1. The molecule has 0 aliphatic carbocycles. The predicted molar refractivity (Wildman–Crippen MR) is 92.7 cm³/mol. The average Bonchev–Trinajstić information content (AvgIpc) is 2.48. The van der Waals surface area contributed by atoms with Gasteiger partial charge in [0.25, 0.3) is 0 Å². The highest BCUT2D eigenvalue weighted by Crippen LogP contribution is 2.29. The largest absolute Gasteiger partial charge is 0.377 e. The summed E-state index contributed by atoms with van der Waals surface area (Å²) in [5.41, 5.74) is 4.36. The summed E-state index contributed by atoms with van der Waals surface area (Å²) in [4.78, 5) is 4.67. The normalized spacial score (nSPS) is 12.3. The number of nitrogens with one attached hydrogen (secondary N) is 1. The summed E-state index contributed by atoms with van der Waals surface area (Å²) >= 11 is 3.62. The van der Waals surface area contributed by atoms with E-state index in [1.807, 2.05) is 19.1 Å². The molecule has 106 valence electrons. The Balaban J connectivity index is 1.98. The van der Waals surface area contributed by atoms with Crippen molar-refractivity contribution in [1.82, 2.24) is 4.98 Å². The van der Waals surface area contributed by atoms with Crippen LogP contribution in [-0.4, -0.2) is 4.98 Å². The summed E-state index contributed by atoms with van der Waals surface area (Å²) < 4.78 is 1.12. The van der Waals surface area contributed by atoms with E-state index in [0.717, 1.165) is 26.8 Å². The van der Waals surface area contributed by atoms with E-state index in [9.17, 15) is 0 Å². The van der Waals surface area contributed by atoms with Crippen molar-refractivity contribution >= 4 is 32.5 Å². The van der Waals surface area contributed by atoms with Gasteiger partial charge in [-0.15, -0.1) is 0 Å². The van der Waals surface area contributed by atoms with Crippen LogP contribution in [0.2, 0.25) is 0 Å². The highest BCUT2D eigenvalue weighted by atomic mass is 79.9. The standard InChI is InChI=1S/C18H17BrN2/c1-12-10-11-14-6-5-9-17(18(14)20-12)21-13(2)15-7-3-4-8-16(15)19/h3-11,13,21H,1-2H3. The van der Waals surface area contributed by atoms with Crippen molar-refractivity contribution in [1.29, 1.82) is 0 Å². The highest BCUT2D eigenvalue weighted by molar-refractivity contribution is 9.10. The van der Waals surface area contributed by atoms with Gasteiger partial charge in [-0.3, -0.25) is 4.98 Å². The van der Waals surface area contributed by atoms with Crippen LogP contribution in [0.5, 0.6) is 0 Å². The molecule has 0 saturated heterocycles. The molecule has 3 aromatic rings. The van der Waals surface area contributed by atoms with Gasteiger partial charge in [0.2, 0.25) is 0 Å². The van der Waals surface area contributed by atoms with Crippen LogP contribution in [-0.2, 0) is 0 Å². The maximum atomic E-state index is 4.67. The van der Waals surface area contributed by atoms with Crippen molar-refractivity contribution in [3.05, 3.63) is 70.3 Å². The van der Waals surface area contributed by atoms with Gasteiger partial charge in [-0.05, 0) is 37.6 Å². The molecule has 3 heteroatoms. The Morgan fingerprint density at radius 2 is 1.81 bits per heavy atom. The summed E-state index contributed by atoms with van der Waals surface area (Å²) in [7, 11) is 0. The molecule has 21 heavy (non-hydrogen) atoms. The van der Waals surface area contributed by atoms with E-state index >= 15 is 0 Å². The average molecular weight is 341 g/mol. The number of hydrogen-bond donors (Lipinski definition) is 1. The molecular formula is C18H17BrN2. The van der Waals surface area contributed by atoms with Gasteiger partial charge in [-0.2, -0.15) is 0 Å². The van der Waals surface area contributed by atoms with Crippen molar-refractivity contribution < 1.29 is 0 Å². The van der Waals surface area contributed by atoms with E-state index in [2.05, 4.69) is 75.6 Å². The molecule has 0 bridgehead atoms. The van der Waals surface area contributed by atoms with Crippen LogP contribution in [0.3, 0.4) is 0 Å². The first-order valence-corrected chi connectivity index (χ1v) is 7.82. The molecule has 0 amide bonds. The fraction of sp³-hybridized carbons (Fsp3) is 0.167. The van der Waals surface area contributed by atoms with Crippen molar-refractivity contribution in [3.8, 4) is 0 Å². The lowest BCUT2D eigenvalue weighted by Gasteiger charge is -2.18. The quantitative estimate of drug-likeness (QED) is 0.682. The van der Waals surface area contributed by atoms with Gasteiger partial charge >= 0.3 is 0 Å². The second-order valence-electron chi connectivity index (χ2n) is 5.22. The molecule has 1 atom stereocenters. The van der Waals surface area contributed by atoms with E-state index in [1.54, 1.807) is 0 Å². The molecule has 0 fully saturated rings. The van der Waals surface area contributed by atoms with Gasteiger partial charge < -0.3 is 5.32 Å². The van der Waals surface area contributed by atoms with E-state index in [1.165, 1.54) is 5.56 Å². The number of aromatic nitrogens is 1. The van der Waals surface area contributed by atoms with Crippen LogP contribution in [0, 0.1) is 6.92 Å². The number of aryl methyl sites for hydroxylation is 1. The van der Waals surface area contributed by atoms with Crippen LogP contribution in [0.4, 0.5) is 5.69 Å². The Bertz CT molecular complexity index is 783. The van der Waals surface area contributed by atoms with Gasteiger partial charge in [-0.25, -0.2) is 0 Å². The lowest BCUT2D eigenvalue weighted by Crippen LogP contribution is -2.08. The first-order chi connectivity index (χ1) is 10.1. The van der Waals surface area contributed by atoms with Gasteiger partial charge in [0.15, 0.2) is 0 Å². The van der Waals surface area contributed by atoms with Crippen LogP contribution in [0.25, 0.3) is 10.9 Å². The Morgan fingerprint density at radius 3 is 2.62 bits per heavy atom. The van der Waals surface area contributed by atoms with Gasteiger partial charge in [0.1, 0.15) is 0 Å². The second kappa shape index (κ2) is 5.86. The number of benzene rings is 2. The van der Waals surface area contributed by atoms with Crippen LogP contribution < -0.4 is 5.32 Å². The molecule has 0 aliphatic rings. The fourth-order valence-electron chi connectivity index (χ4n) is 2.50. The third kappa shape index (κ3) is 2.93. The van der Waals surface area contributed by atoms with E-state index in [-0.39, 0.29) is 6.04 Å². The SMILES string of the molecule is Cc1ccc2cccc(NC(C)c3ccccc3Br)c2n1. The van der Waals surface area contributed by atoms with E-state index in [4.69, 9.17) is 0 Å². The minimum atomic E-state index is 0.202. The van der Waals surface area contributed by atoms with Crippen LogP contribution >= 0.6 is 15.9 Å². The number of hydrogen-bond acceptors (Lipinski definition) is 2. The molecular weight excluding hydrogens is 324 g/mol. The Labute approximate surface area is 133 Å². The molecule has 2 aromatic carbocycles. The predicted octanol–water partition coefficient (Wildman–Crippen LogP) is 5.48. The smallest absolute Gasteiger partial charge is 0.0936 e. The zero-order valence-electron chi connectivity index (χ0n) is 12.1. The molecule has 0 spiro atoms. The van der Waals surface area contributed by atoms with Crippen LogP contribution in [0.1, 0.15) is 24.2 Å².